The van der Waals surface area contributed by atoms with Gasteiger partial charge in [0.05, 0.1) is 0 Å². The summed E-state index contributed by atoms with van der Waals surface area (Å²) in [4.78, 5) is 30.1. The van der Waals surface area contributed by atoms with Gasteiger partial charge in [-0.3, -0.25) is 14.3 Å². The van der Waals surface area contributed by atoms with E-state index in [2.05, 4.69) is 15.4 Å². The van der Waals surface area contributed by atoms with Gasteiger partial charge in [0.1, 0.15) is 6.33 Å². The van der Waals surface area contributed by atoms with Gasteiger partial charge in [0.15, 0.2) is 0 Å². The Hall–Kier alpha value is -1.92. The molecular weight excluding hydrogens is 282 g/mol. The maximum Gasteiger partial charge on any atom is 0.291 e. The molecule has 2 heterocycles. The average molecular weight is 305 g/mol. The SMILES string of the molecule is CCN1C(=O)CCC12CCC(NC(=O)c1ncn(C)n1)CC2. The molecule has 1 saturated carbocycles. The number of aryl methyl sites for hydroxylation is 1. The smallest absolute Gasteiger partial charge is 0.291 e. The van der Waals surface area contributed by atoms with E-state index in [4.69, 9.17) is 0 Å². The van der Waals surface area contributed by atoms with Crippen molar-refractivity contribution in [3.63, 3.8) is 0 Å². The Morgan fingerprint density at radius 3 is 2.73 bits per heavy atom. The van der Waals surface area contributed by atoms with Crippen LogP contribution in [0.25, 0.3) is 0 Å². The molecule has 1 N–H and O–H groups in total. The second-order valence-corrected chi connectivity index (χ2v) is 6.35. The maximum absolute atomic E-state index is 12.1. The standard InChI is InChI=1S/C15H23N5O2/c1-3-20-12(21)6-9-15(20)7-4-11(5-8-15)17-14(22)13-16-10-19(2)18-13/h10-11H,3-9H2,1-2H3,(H,17,22). The van der Waals surface area contributed by atoms with E-state index in [-0.39, 0.29) is 29.2 Å². The molecule has 7 nitrogen and oxygen atoms in total. The zero-order chi connectivity index (χ0) is 15.7. The molecule has 0 radical (unpaired) electrons. The molecule has 2 aliphatic rings. The minimum atomic E-state index is -0.212. The second-order valence-electron chi connectivity index (χ2n) is 6.35. The van der Waals surface area contributed by atoms with E-state index in [0.29, 0.717) is 6.42 Å². The van der Waals surface area contributed by atoms with Gasteiger partial charge in [-0.2, -0.15) is 0 Å². The quantitative estimate of drug-likeness (QED) is 0.898. The molecule has 1 saturated heterocycles. The fourth-order valence-corrected chi connectivity index (χ4v) is 3.90. The number of hydrogen-bond donors (Lipinski definition) is 1. The lowest BCUT2D eigenvalue weighted by Gasteiger charge is -2.43. The molecule has 1 aliphatic carbocycles. The number of carbonyl (C=O) groups is 2. The van der Waals surface area contributed by atoms with Crippen molar-refractivity contribution >= 4 is 11.8 Å². The molecule has 2 fully saturated rings. The van der Waals surface area contributed by atoms with Crippen molar-refractivity contribution < 1.29 is 9.59 Å². The summed E-state index contributed by atoms with van der Waals surface area (Å²) in [5.74, 6) is 0.285. The molecule has 0 unspecified atom stereocenters. The molecular formula is C15H23N5O2. The number of rotatable bonds is 3. The number of hydrogen-bond acceptors (Lipinski definition) is 4. The van der Waals surface area contributed by atoms with Crippen LogP contribution in [0.2, 0.25) is 0 Å². The molecule has 3 rings (SSSR count). The zero-order valence-corrected chi connectivity index (χ0v) is 13.2. The molecule has 0 bridgehead atoms. The van der Waals surface area contributed by atoms with Gasteiger partial charge in [-0.1, -0.05) is 0 Å². The monoisotopic (exact) mass is 305 g/mol. The maximum atomic E-state index is 12.1. The fraction of sp³-hybridized carbons (Fsp3) is 0.733. The van der Waals surface area contributed by atoms with Crippen LogP contribution >= 0.6 is 0 Å². The molecule has 0 aromatic carbocycles. The molecule has 120 valence electrons. The van der Waals surface area contributed by atoms with Crippen LogP contribution in [0, 0.1) is 0 Å². The summed E-state index contributed by atoms with van der Waals surface area (Å²) in [5, 5.41) is 7.04. The van der Waals surface area contributed by atoms with Crippen LogP contribution in [0.1, 0.15) is 56.1 Å². The van der Waals surface area contributed by atoms with Gasteiger partial charge in [-0.05, 0) is 39.0 Å². The van der Waals surface area contributed by atoms with Gasteiger partial charge >= 0.3 is 0 Å². The molecule has 2 amide bonds. The van der Waals surface area contributed by atoms with Crippen molar-refractivity contribution in [2.24, 2.45) is 7.05 Å². The lowest BCUT2D eigenvalue weighted by Crippen LogP contribution is -2.51. The van der Waals surface area contributed by atoms with Crippen molar-refractivity contribution in [3.8, 4) is 0 Å². The summed E-state index contributed by atoms with van der Waals surface area (Å²) in [5.41, 5.74) is 0.0380. The van der Waals surface area contributed by atoms with Gasteiger partial charge < -0.3 is 10.2 Å². The molecule has 22 heavy (non-hydrogen) atoms. The Bertz CT molecular complexity index is 574. The van der Waals surface area contributed by atoms with E-state index in [9.17, 15) is 9.59 Å². The van der Waals surface area contributed by atoms with Crippen LogP contribution in [0.5, 0.6) is 0 Å². The van der Waals surface area contributed by atoms with E-state index in [1.54, 1.807) is 7.05 Å². The predicted molar refractivity (Wildman–Crippen MR) is 80.1 cm³/mol. The lowest BCUT2D eigenvalue weighted by atomic mass is 9.77. The van der Waals surface area contributed by atoms with E-state index in [0.717, 1.165) is 38.6 Å². The van der Waals surface area contributed by atoms with Gasteiger partial charge in [-0.15, -0.1) is 5.10 Å². The Morgan fingerprint density at radius 2 is 2.14 bits per heavy atom. The molecule has 1 aromatic rings. The van der Waals surface area contributed by atoms with Crippen molar-refractivity contribution in [1.29, 1.82) is 0 Å². The molecule has 1 spiro atoms. The number of nitrogens with zero attached hydrogens (tertiary/aromatic N) is 4. The van der Waals surface area contributed by atoms with Gasteiger partial charge in [-0.25, -0.2) is 4.98 Å². The molecule has 0 atom stereocenters. The highest BCUT2D eigenvalue weighted by Gasteiger charge is 2.46. The Morgan fingerprint density at radius 1 is 1.41 bits per heavy atom. The van der Waals surface area contributed by atoms with Crippen molar-refractivity contribution in [1.82, 2.24) is 25.0 Å². The Labute approximate surface area is 130 Å². The summed E-state index contributed by atoms with van der Waals surface area (Å²) in [6.45, 7) is 2.83. The van der Waals surface area contributed by atoms with Crippen LogP contribution < -0.4 is 5.32 Å². The highest BCUT2D eigenvalue weighted by Crippen LogP contribution is 2.42. The van der Waals surface area contributed by atoms with Gasteiger partial charge in [0.2, 0.25) is 11.7 Å². The third kappa shape index (κ3) is 2.60. The number of aromatic nitrogens is 3. The van der Waals surface area contributed by atoms with Crippen LogP contribution in [0.4, 0.5) is 0 Å². The molecule has 1 aliphatic heterocycles. The summed E-state index contributed by atoms with van der Waals surface area (Å²) in [6.07, 6.45) is 6.89. The van der Waals surface area contributed by atoms with E-state index in [1.807, 2.05) is 11.8 Å². The van der Waals surface area contributed by atoms with E-state index >= 15 is 0 Å². The number of likely N-dealkylation sites (tertiary alicyclic amines) is 1. The molecule has 7 heteroatoms. The molecule has 1 aromatic heterocycles. The van der Waals surface area contributed by atoms with Crippen LogP contribution in [-0.4, -0.2) is 49.6 Å². The van der Waals surface area contributed by atoms with Crippen LogP contribution in [0.3, 0.4) is 0 Å². The normalized spacial score (nSPS) is 28.4. The first kappa shape index (κ1) is 15.0. The van der Waals surface area contributed by atoms with Crippen molar-refractivity contribution in [2.45, 2.75) is 57.0 Å². The number of carbonyl (C=O) groups excluding carboxylic acids is 2. The third-order valence-corrected chi connectivity index (χ3v) is 5.05. The van der Waals surface area contributed by atoms with Crippen molar-refractivity contribution in [3.05, 3.63) is 12.2 Å². The van der Waals surface area contributed by atoms with Crippen LogP contribution in [0.15, 0.2) is 6.33 Å². The second kappa shape index (κ2) is 5.70. The predicted octanol–water partition coefficient (Wildman–Crippen LogP) is 0.869. The lowest BCUT2D eigenvalue weighted by molar-refractivity contribution is -0.131. The van der Waals surface area contributed by atoms with Gasteiger partial charge in [0.25, 0.3) is 5.91 Å². The van der Waals surface area contributed by atoms with Crippen molar-refractivity contribution in [2.75, 3.05) is 6.54 Å². The van der Waals surface area contributed by atoms with Crippen LogP contribution in [-0.2, 0) is 11.8 Å². The summed E-state index contributed by atoms with van der Waals surface area (Å²) in [7, 11) is 1.74. The zero-order valence-electron chi connectivity index (χ0n) is 13.2. The van der Waals surface area contributed by atoms with E-state index < -0.39 is 0 Å². The van der Waals surface area contributed by atoms with Gasteiger partial charge in [0, 0.05) is 31.6 Å². The minimum absolute atomic E-state index is 0.0380. The first-order valence-electron chi connectivity index (χ1n) is 8.01. The minimum Gasteiger partial charge on any atom is -0.347 e. The highest BCUT2D eigenvalue weighted by molar-refractivity contribution is 5.90. The number of amides is 2. The Kier molecular flexibility index (Phi) is 3.88. The van der Waals surface area contributed by atoms with E-state index in [1.165, 1.54) is 11.0 Å². The largest absolute Gasteiger partial charge is 0.347 e. The third-order valence-electron chi connectivity index (χ3n) is 5.05. The summed E-state index contributed by atoms with van der Waals surface area (Å²) >= 11 is 0. The number of nitrogens with one attached hydrogen (secondary N) is 1. The summed E-state index contributed by atoms with van der Waals surface area (Å²) in [6, 6.07) is 0.149. The topological polar surface area (TPSA) is 80.1 Å². The fourth-order valence-electron chi connectivity index (χ4n) is 3.90. The first-order chi connectivity index (χ1) is 10.5. The highest BCUT2D eigenvalue weighted by atomic mass is 16.2. The summed E-state index contributed by atoms with van der Waals surface area (Å²) < 4.78 is 1.52. The average Bonchev–Trinajstić information content (AvgIpc) is 3.06. The Balaban J connectivity index is 1.58. The first-order valence-corrected chi connectivity index (χ1v) is 8.01.